The Morgan fingerprint density at radius 1 is 1.15 bits per heavy atom. The van der Waals surface area contributed by atoms with E-state index in [4.69, 9.17) is 0 Å². The van der Waals surface area contributed by atoms with Crippen LogP contribution in [0.1, 0.15) is 18.5 Å². The second-order valence-electron chi connectivity index (χ2n) is 7.68. The van der Waals surface area contributed by atoms with Crippen LogP contribution < -0.4 is 5.43 Å². The van der Waals surface area contributed by atoms with Gasteiger partial charge < -0.3 is 0 Å². The molecule has 0 radical (unpaired) electrons. The highest BCUT2D eigenvalue weighted by Gasteiger charge is 2.29. The van der Waals surface area contributed by atoms with Crippen molar-refractivity contribution in [1.82, 2.24) is 13.7 Å². The third-order valence-electron chi connectivity index (χ3n) is 5.59. The van der Waals surface area contributed by atoms with Gasteiger partial charge in [-0.1, -0.05) is 30.3 Å². The number of anilines is 1. The summed E-state index contributed by atoms with van der Waals surface area (Å²) in [4.78, 5) is 16.4. The molecule has 12 heteroatoms. The number of hydrogen-bond donors (Lipinski definition) is 1. The number of fused-ring (bicyclic) bond motifs is 1. The standard InChI is InChI=1S/C22H20N6O4S2/c29-28(30)19-14-17(34(31,32)26-10-4-5-11-26)8-9-18(19)25-23-15-20-21(16-6-2-1-3-7-16)24-22-27(20)12-13-33-22/h1-3,6-9,12-15,25H,4-5,10-11H2. The Labute approximate surface area is 199 Å². The topological polar surface area (TPSA) is 122 Å². The quantitative estimate of drug-likeness (QED) is 0.232. The molecule has 4 aromatic rings. The van der Waals surface area contributed by atoms with E-state index in [0.717, 1.165) is 35.1 Å². The minimum Gasteiger partial charge on any atom is -0.289 e. The lowest BCUT2D eigenvalue weighted by molar-refractivity contribution is -0.384. The van der Waals surface area contributed by atoms with Gasteiger partial charge in [-0.25, -0.2) is 13.4 Å². The van der Waals surface area contributed by atoms with Crippen molar-refractivity contribution in [1.29, 1.82) is 0 Å². The van der Waals surface area contributed by atoms with Crippen LogP contribution in [-0.2, 0) is 10.0 Å². The van der Waals surface area contributed by atoms with Crippen LogP contribution in [0.15, 0.2) is 70.1 Å². The number of sulfonamides is 1. The molecular weight excluding hydrogens is 476 g/mol. The fraction of sp³-hybridized carbons (Fsp3) is 0.182. The Bertz CT molecular complexity index is 1490. The highest BCUT2D eigenvalue weighted by molar-refractivity contribution is 7.89. The third kappa shape index (κ3) is 4.06. The molecule has 5 rings (SSSR count). The largest absolute Gasteiger partial charge is 0.295 e. The highest BCUT2D eigenvalue weighted by Crippen LogP contribution is 2.30. The zero-order valence-electron chi connectivity index (χ0n) is 17.9. The molecule has 0 saturated carbocycles. The molecule has 0 atom stereocenters. The minimum absolute atomic E-state index is 0.0916. The van der Waals surface area contributed by atoms with Crippen LogP contribution in [0.3, 0.4) is 0 Å². The number of nitro groups is 1. The summed E-state index contributed by atoms with van der Waals surface area (Å²) in [7, 11) is -3.77. The average Bonchev–Trinajstić information content (AvgIpc) is 3.59. The van der Waals surface area contributed by atoms with Gasteiger partial charge in [0.2, 0.25) is 10.0 Å². The first kappa shape index (κ1) is 22.2. The molecule has 2 aromatic heterocycles. The fourth-order valence-electron chi connectivity index (χ4n) is 3.89. The number of rotatable bonds is 7. The van der Waals surface area contributed by atoms with Crippen LogP contribution in [0.4, 0.5) is 11.4 Å². The molecule has 34 heavy (non-hydrogen) atoms. The molecule has 10 nitrogen and oxygen atoms in total. The molecule has 1 N–H and O–H groups in total. The van der Waals surface area contributed by atoms with E-state index in [1.165, 1.54) is 27.8 Å². The van der Waals surface area contributed by atoms with Gasteiger partial charge in [-0.15, -0.1) is 11.3 Å². The Kier molecular flexibility index (Phi) is 5.86. The predicted molar refractivity (Wildman–Crippen MR) is 131 cm³/mol. The molecule has 1 saturated heterocycles. The fourth-order valence-corrected chi connectivity index (χ4v) is 6.15. The van der Waals surface area contributed by atoms with E-state index in [2.05, 4.69) is 15.5 Å². The van der Waals surface area contributed by atoms with Gasteiger partial charge in [0.05, 0.1) is 27.4 Å². The smallest absolute Gasteiger partial charge is 0.289 e. The second-order valence-corrected chi connectivity index (χ2v) is 10.5. The molecule has 0 bridgehead atoms. The molecule has 0 unspecified atom stereocenters. The van der Waals surface area contributed by atoms with E-state index < -0.39 is 14.9 Å². The minimum atomic E-state index is -3.77. The molecule has 1 aliphatic heterocycles. The molecular formula is C22H20N6O4S2. The van der Waals surface area contributed by atoms with Crippen molar-refractivity contribution in [2.75, 3.05) is 18.5 Å². The zero-order chi connectivity index (χ0) is 23.7. The molecule has 0 amide bonds. The number of hydrazone groups is 1. The van der Waals surface area contributed by atoms with Crippen LogP contribution in [-0.4, -0.2) is 46.3 Å². The third-order valence-corrected chi connectivity index (χ3v) is 8.24. The van der Waals surface area contributed by atoms with Crippen molar-refractivity contribution >= 4 is 43.9 Å². The molecule has 1 aliphatic rings. The first-order chi connectivity index (χ1) is 16.4. The Balaban J connectivity index is 1.46. The van der Waals surface area contributed by atoms with Gasteiger partial charge in [-0.05, 0) is 25.0 Å². The summed E-state index contributed by atoms with van der Waals surface area (Å²) in [5.74, 6) is 0. The number of thiazole rings is 1. The van der Waals surface area contributed by atoms with Crippen LogP contribution >= 0.6 is 11.3 Å². The Morgan fingerprint density at radius 3 is 2.65 bits per heavy atom. The number of hydrogen-bond acceptors (Lipinski definition) is 8. The normalized spacial score (nSPS) is 14.8. The average molecular weight is 497 g/mol. The van der Waals surface area contributed by atoms with E-state index in [1.807, 2.05) is 46.3 Å². The number of aromatic nitrogens is 2. The van der Waals surface area contributed by atoms with Crippen LogP contribution in [0.2, 0.25) is 0 Å². The highest BCUT2D eigenvalue weighted by atomic mass is 32.2. The lowest BCUT2D eigenvalue weighted by Crippen LogP contribution is -2.27. The summed E-state index contributed by atoms with van der Waals surface area (Å²) in [6.45, 7) is 0.846. The maximum atomic E-state index is 12.8. The van der Waals surface area contributed by atoms with Gasteiger partial charge in [-0.3, -0.25) is 19.9 Å². The first-order valence-electron chi connectivity index (χ1n) is 10.5. The molecule has 0 spiro atoms. The SMILES string of the molecule is O=[N+]([O-])c1cc(S(=O)(=O)N2CCCC2)ccc1NN=Cc1c(-c2ccccc2)nc2sccn12. The van der Waals surface area contributed by atoms with Gasteiger partial charge in [-0.2, -0.15) is 9.41 Å². The molecule has 174 valence electrons. The molecule has 0 aliphatic carbocycles. The second kappa shape index (κ2) is 8.97. The van der Waals surface area contributed by atoms with Crippen LogP contribution in [0.5, 0.6) is 0 Å². The molecule has 2 aromatic carbocycles. The van der Waals surface area contributed by atoms with E-state index in [9.17, 15) is 18.5 Å². The lowest BCUT2D eigenvalue weighted by atomic mass is 10.1. The van der Waals surface area contributed by atoms with Crippen molar-refractivity contribution in [3.05, 3.63) is 75.9 Å². The number of benzene rings is 2. The van der Waals surface area contributed by atoms with Gasteiger partial charge in [0.25, 0.3) is 5.69 Å². The van der Waals surface area contributed by atoms with Gasteiger partial charge >= 0.3 is 0 Å². The maximum Gasteiger partial charge on any atom is 0.295 e. The van der Waals surface area contributed by atoms with Crippen molar-refractivity contribution in [3.8, 4) is 11.3 Å². The summed E-state index contributed by atoms with van der Waals surface area (Å²) in [6.07, 6.45) is 4.99. The van der Waals surface area contributed by atoms with Crippen molar-refractivity contribution in [2.24, 2.45) is 5.10 Å². The summed E-state index contributed by atoms with van der Waals surface area (Å²) in [5.41, 5.74) is 4.79. The number of imidazole rings is 1. The van der Waals surface area contributed by atoms with Gasteiger partial charge in [0.15, 0.2) is 4.96 Å². The zero-order valence-corrected chi connectivity index (χ0v) is 19.5. The van der Waals surface area contributed by atoms with E-state index >= 15 is 0 Å². The van der Waals surface area contributed by atoms with Crippen molar-refractivity contribution in [2.45, 2.75) is 17.7 Å². The lowest BCUT2D eigenvalue weighted by Gasteiger charge is -2.15. The Morgan fingerprint density at radius 2 is 1.91 bits per heavy atom. The maximum absolute atomic E-state index is 12.8. The summed E-state index contributed by atoms with van der Waals surface area (Å²) in [5, 5.41) is 17.8. The monoisotopic (exact) mass is 496 g/mol. The number of nitrogens with zero attached hydrogens (tertiary/aromatic N) is 5. The van der Waals surface area contributed by atoms with Gasteiger partial charge in [0, 0.05) is 36.3 Å². The van der Waals surface area contributed by atoms with E-state index in [-0.39, 0.29) is 16.3 Å². The summed E-state index contributed by atoms with van der Waals surface area (Å²) < 4.78 is 28.9. The first-order valence-corrected chi connectivity index (χ1v) is 12.9. The van der Waals surface area contributed by atoms with Gasteiger partial charge in [0.1, 0.15) is 5.69 Å². The van der Waals surface area contributed by atoms with Crippen LogP contribution in [0.25, 0.3) is 16.2 Å². The Hall–Kier alpha value is -3.61. The molecule has 1 fully saturated rings. The van der Waals surface area contributed by atoms with Crippen molar-refractivity contribution in [3.63, 3.8) is 0 Å². The van der Waals surface area contributed by atoms with E-state index in [1.54, 1.807) is 6.21 Å². The van der Waals surface area contributed by atoms with Crippen LogP contribution in [0, 0.1) is 10.1 Å². The summed E-state index contributed by atoms with van der Waals surface area (Å²) >= 11 is 1.49. The predicted octanol–water partition coefficient (Wildman–Crippen LogP) is 4.20. The number of nitro benzene ring substituents is 1. The van der Waals surface area contributed by atoms with E-state index in [0.29, 0.717) is 18.8 Å². The number of nitrogens with one attached hydrogen (secondary N) is 1. The summed E-state index contributed by atoms with van der Waals surface area (Å²) in [6, 6.07) is 13.5. The van der Waals surface area contributed by atoms with Crippen molar-refractivity contribution < 1.29 is 13.3 Å². The molecule has 3 heterocycles.